The van der Waals surface area contributed by atoms with Gasteiger partial charge in [-0.2, -0.15) is 0 Å². The number of thiocarbonyl (C=S) groups is 1. The van der Waals surface area contributed by atoms with Gasteiger partial charge in [0.2, 0.25) is 5.91 Å². The number of primary amides is 1. The van der Waals surface area contributed by atoms with E-state index in [0.717, 1.165) is 6.26 Å². The number of hydrogen-bond acceptors (Lipinski definition) is 8. The van der Waals surface area contributed by atoms with Gasteiger partial charge in [0.25, 0.3) is 5.91 Å². The summed E-state index contributed by atoms with van der Waals surface area (Å²) in [5, 5.41) is 38.9. The molecule has 0 spiro atoms. The molecule has 0 aromatic heterocycles. The molecule has 8 N–H and O–H groups in total. The molecule has 162 valence electrons. The van der Waals surface area contributed by atoms with Gasteiger partial charge >= 0.3 is 0 Å². The summed E-state index contributed by atoms with van der Waals surface area (Å²) in [6, 6.07) is -2.25. The molecule has 28 heavy (non-hydrogen) atoms. The molecular formula is C15H28N4O7S2. The van der Waals surface area contributed by atoms with Gasteiger partial charge in [0, 0.05) is 25.6 Å². The van der Waals surface area contributed by atoms with Crippen molar-refractivity contribution in [1.82, 2.24) is 16.0 Å². The van der Waals surface area contributed by atoms with Crippen LogP contribution in [0.4, 0.5) is 0 Å². The van der Waals surface area contributed by atoms with Crippen molar-refractivity contribution in [2.75, 3.05) is 18.6 Å². The molecule has 1 saturated carbocycles. The Hall–Kier alpha value is -1.54. The predicted molar refractivity (Wildman–Crippen MR) is 105 cm³/mol. The molecule has 0 heterocycles. The molecule has 0 aliphatic heterocycles. The molecule has 5 atom stereocenters. The van der Waals surface area contributed by atoms with Crippen molar-refractivity contribution in [2.45, 2.75) is 56.1 Å². The van der Waals surface area contributed by atoms with Gasteiger partial charge in [-0.15, -0.1) is 0 Å². The minimum atomic E-state index is -3.40. The molecule has 0 bridgehead atoms. The Morgan fingerprint density at radius 3 is 2.43 bits per heavy atom. The van der Waals surface area contributed by atoms with Crippen LogP contribution in [0.3, 0.4) is 0 Å². The number of aliphatic hydroxyl groups is 3. The number of nitrogens with two attached hydrogens (primary N) is 1. The lowest BCUT2D eigenvalue weighted by molar-refractivity contribution is -0.158. The molecule has 1 aliphatic carbocycles. The van der Waals surface area contributed by atoms with Crippen LogP contribution in [-0.2, 0) is 19.4 Å². The van der Waals surface area contributed by atoms with Crippen molar-refractivity contribution in [2.24, 2.45) is 5.73 Å². The number of sulfone groups is 1. The molecule has 1 rings (SSSR count). The van der Waals surface area contributed by atoms with E-state index in [1.807, 2.05) is 0 Å². The summed E-state index contributed by atoms with van der Waals surface area (Å²) in [5.41, 5.74) is 3.08. The van der Waals surface area contributed by atoms with E-state index in [0.29, 0.717) is 6.54 Å². The quantitative estimate of drug-likeness (QED) is 0.186. The van der Waals surface area contributed by atoms with Crippen LogP contribution in [0, 0.1) is 0 Å². The van der Waals surface area contributed by atoms with E-state index in [-0.39, 0.29) is 23.7 Å². The van der Waals surface area contributed by atoms with E-state index in [1.165, 1.54) is 0 Å². The third-order valence-electron chi connectivity index (χ3n) is 4.41. The monoisotopic (exact) mass is 440 g/mol. The highest BCUT2D eigenvalue weighted by Gasteiger charge is 2.49. The van der Waals surface area contributed by atoms with Gasteiger partial charge in [0.05, 0.1) is 17.9 Å². The molecule has 0 saturated heterocycles. The number of rotatable bonds is 8. The van der Waals surface area contributed by atoms with Crippen LogP contribution in [0.15, 0.2) is 0 Å². The Morgan fingerprint density at radius 1 is 1.32 bits per heavy atom. The fraction of sp³-hybridized carbons (Fsp3) is 0.800. The number of amides is 2. The standard InChI is InChI=1S/C15H28N4O7S2/c1-3-17-14(27)19-9-6-15(24,7-10(20)11(9)21)13(23)18-8(12(16)22)4-5-28(2,25)26/h8-11,20-21,24H,3-7H2,1-2H3,(H2,16,22)(H,18,23)(H2,17,19,27)/t8-,9-,10+,11+,15-/m0/s1. The van der Waals surface area contributed by atoms with E-state index in [4.69, 9.17) is 18.0 Å². The van der Waals surface area contributed by atoms with Crippen molar-refractivity contribution in [1.29, 1.82) is 0 Å². The third kappa shape index (κ3) is 7.13. The van der Waals surface area contributed by atoms with E-state index >= 15 is 0 Å². The third-order valence-corrected chi connectivity index (χ3v) is 5.65. The second-order valence-electron chi connectivity index (χ2n) is 6.96. The Balaban J connectivity index is 2.90. The molecular weight excluding hydrogens is 412 g/mol. The first kappa shape index (κ1) is 24.5. The largest absolute Gasteiger partial charge is 0.390 e. The number of aliphatic hydroxyl groups excluding tert-OH is 2. The molecule has 1 fully saturated rings. The lowest BCUT2D eigenvalue weighted by Gasteiger charge is -2.42. The maximum Gasteiger partial charge on any atom is 0.252 e. The molecule has 0 aromatic carbocycles. The van der Waals surface area contributed by atoms with Gasteiger partial charge in [0.1, 0.15) is 27.6 Å². The normalized spacial score (nSPS) is 28.8. The van der Waals surface area contributed by atoms with Crippen molar-refractivity contribution in [3.8, 4) is 0 Å². The first-order valence-corrected chi connectivity index (χ1v) is 11.2. The number of nitrogens with one attached hydrogen (secondary N) is 3. The van der Waals surface area contributed by atoms with Crippen LogP contribution in [0.5, 0.6) is 0 Å². The number of carbonyl (C=O) groups is 2. The minimum Gasteiger partial charge on any atom is -0.390 e. The fourth-order valence-electron chi connectivity index (χ4n) is 2.91. The van der Waals surface area contributed by atoms with E-state index < -0.39 is 58.0 Å². The molecule has 0 unspecified atom stereocenters. The zero-order valence-electron chi connectivity index (χ0n) is 15.7. The Bertz CT molecular complexity index is 703. The lowest BCUT2D eigenvalue weighted by Crippen LogP contribution is -2.64. The van der Waals surface area contributed by atoms with Gasteiger partial charge in [-0.25, -0.2) is 8.42 Å². The fourth-order valence-corrected chi connectivity index (χ4v) is 3.87. The van der Waals surface area contributed by atoms with Crippen molar-refractivity contribution < 1.29 is 33.3 Å². The van der Waals surface area contributed by atoms with Gasteiger partial charge in [-0.1, -0.05) is 0 Å². The van der Waals surface area contributed by atoms with Crippen molar-refractivity contribution in [3.05, 3.63) is 0 Å². The second kappa shape index (κ2) is 9.78. The average molecular weight is 441 g/mol. The number of carbonyl (C=O) groups excluding carboxylic acids is 2. The highest BCUT2D eigenvalue weighted by molar-refractivity contribution is 7.90. The summed E-state index contributed by atoms with van der Waals surface area (Å²) < 4.78 is 22.6. The highest BCUT2D eigenvalue weighted by atomic mass is 32.2. The van der Waals surface area contributed by atoms with Gasteiger partial charge in [0.15, 0.2) is 5.11 Å². The van der Waals surface area contributed by atoms with Crippen LogP contribution in [0.25, 0.3) is 0 Å². The van der Waals surface area contributed by atoms with Gasteiger partial charge in [-0.3, -0.25) is 9.59 Å². The minimum absolute atomic E-state index is 0.173. The Labute approximate surface area is 169 Å². The SMILES string of the molecule is CCNC(=S)N[C@H]1C[C@@](O)(C(=O)N[C@@H](CCS(C)(=O)=O)C(N)=O)C[C@@H](O)[C@@H]1O. The summed E-state index contributed by atoms with van der Waals surface area (Å²) in [6.45, 7) is 2.30. The molecule has 2 amide bonds. The average Bonchev–Trinajstić information content (AvgIpc) is 2.54. The zero-order chi connectivity index (χ0) is 21.7. The van der Waals surface area contributed by atoms with Crippen LogP contribution in [-0.4, -0.2) is 89.1 Å². The smallest absolute Gasteiger partial charge is 0.252 e. The molecule has 0 aromatic rings. The van der Waals surface area contributed by atoms with Crippen molar-refractivity contribution in [3.63, 3.8) is 0 Å². The first-order valence-electron chi connectivity index (χ1n) is 8.70. The lowest BCUT2D eigenvalue weighted by atomic mass is 9.77. The first-order chi connectivity index (χ1) is 12.8. The summed E-state index contributed by atoms with van der Waals surface area (Å²) in [7, 11) is -3.40. The summed E-state index contributed by atoms with van der Waals surface area (Å²) in [5.74, 6) is -2.35. The summed E-state index contributed by atoms with van der Waals surface area (Å²) >= 11 is 5.02. The van der Waals surface area contributed by atoms with Gasteiger partial charge in [-0.05, 0) is 25.6 Å². The Morgan fingerprint density at radius 2 is 1.93 bits per heavy atom. The molecule has 13 heteroatoms. The summed E-state index contributed by atoms with van der Waals surface area (Å²) in [4.78, 5) is 24.1. The van der Waals surface area contributed by atoms with Gasteiger partial charge < -0.3 is 37.0 Å². The molecule has 1 aliphatic rings. The predicted octanol–water partition coefficient (Wildman–Crippen LogP) is -3.51. The highest BCUT2D eigenvalue weighted by Crippen LogP contribution is 2.30. The van der Waals surface area contributed by atoms with E-state index in [1.54, 1.807) is 6.92 Å². The second-order valence-corrected chi connectivity index (χ2v) is 9.62. The number of hydrogen-bond donors (Lipinski definition) is 7. The molecule has 11 nitrogen and oxygen atoms in total. The zero-order valence-corrected chi connectivity index (χ0v) is 17.3. The maximum absolute atomic E-state index is 12.6. The summed E-state index contributed by atoms with van der Waals surface area (Å²) in [6.07, 6.45) is -2.80. The van der Waals surface area contributed by atoms with Crippen LogP contribution in [0.1, 0.15) is 26.2 Å². The Kier molecular flexibility index (Phi) is 8.56. The van der Waals surface area contributed by atoms with Crippen LogP contribution >= 0.6 is 12.2 Å². The van der Waals surface area contributed by atoms with E-state index in [9.17, 15) is 33.3 Å². The van der Waals surface area contributed by atoms with Crippen LogP contribution in [0.2, 0.25) is 0 Å². The molecule has 0 radical (unpaired) electrons. The maximum atomic E-state index is 12.6. The van der Waals surface area contributed by atoms with Crippen LogP contribution < -0.4 is 21.7 Å². The topological polar surface area (TPSA) is 191 Å². The van der Waals surface area contributed by atoms with Crippen molar-refractivity contribution >= 4 is 39.0 Å². The van der Waals surface area contributed by atoms with E-state index in [2.05, 4.69) is 16.0 Å².